The van der Waals surface area contributed by atoms with E-state index in [1.807, 2.05) is 6.92 Å². The highest BCUT2D eigenvalue weighted by atomic mass is 32.1. The normalized spacial score (nSPS) is 11.0. The Bertz CT molecular complexity index is 928. The summed E-state index contributed by atoms with van der Waals surface area (Å²) in [6, 6.07) is 5.93. The minimum Gasteiger partial charge on any atom is -0.368 e. The molecule has 0 saturated carbocycles. The Balaban J connectivity index is 2.29. The van der Waals surface area contributed by atoms with Crippen LogP contribution in [0, 0.1) is 12.7 Å². The summed E-state index contributed by atoms with van der Waals surface area (Å²) in [4.78, 5) is 29.3. The Morgan fingerprint density at radius 3 is 2.68 bits per heavy atom. The van der Waals surface area contributed by atoms with Crippen molar-refractivity contribution in [2.45, 2.75) is 13.5 Å². The maximum Gasteiger partial charge on any atom is 0.263 e. The van der Waals surface area contributed by atoms with Crippen LogP contribution in [0.4, 0.5) is 4.39 Å². The average Bonchev–Trinajstić information content (AvgIpc) is 2.80. The Hall–Kier alpha value is -2.54. The third-order valence-corrected chi connectivity index (χ3v) is 4.33. The fourth-order valence-corrected chi connectivity index (χ4v) is 3.39. The highest BCUT2D eigenvalue weighted by molar-refractivity contribution is 7.19. The molecule has 1 amide bonds. The van der Waals surface area contributed by atoms with Crippen molar-refractivity contribution in [1.82, 2.24) is 9.55 Å². The lowest BCUT2D eigenvalue weighted by Crippen LogP contribution is -2.28. The molecule has 112 valence electrons. The van der Waals surface area contributed by atoms with Gasteiger partial charge in [-0.1, -0.05) is 12.1 Å². The van der Waals surface area contributed by atoms with Gasteiger partial charge >= 0.3 is 0 Å². The topological polar surface area (TPSA) is 78.0 Å². The number of fused-ring (bicyclic) bond motifs is 1. The van der Waals surface area contributed by atoms with E-state index in [4.69, 9.17) is 5.73 Å². The lowest BCUT2D eigenvalue weighted by atomic mass is 10.0. The number of halogens is 1. The van der Waals surface area contributed by atoms with E-state index < -0.39 is 5.91 Å². The predicted molar refractivity (Wildman–Crippen MR) is 83.2 cm³/mol. The van der Waals surface area contributed by atoms with Crippen molar-refractivity contribution >= 4 is 27.5 Å². The van der Waals surface area contributed by atoms with Gasteiger partial charge in [0.2, 0.25) is 5.91 Å². The second kappa shape index (κ2) is 5.34. The van der Waals surface area contributed by atoms with Crippen LogP contribution < -0.4 is 11.3 Å². The maximum absolute atomic E-state index is 13.1. The second-order valence-electron chi connectivity index (χ2n) is 4.86. The number of carbonyl (C=O) groups excluding carboxylic acids is 1. The molecule has 1 aromatic carbocycles. The quantitative estimate of drug-likeness (QED) is 0.803. The van der Waals surface area contributed by atoms with Gasteiger partial charge < -0.3 is 5.73 Å². The molecule has 0 aliphatic carbocycles. The van der Waals surface area contributed by atoms with E-state index in [1.165, 1.54) is 34.4 Å². The Labute approximate surface area is 128 Å². The molecule has 0 fully saturated rings. The van der Waals surface area contributed by atoms with Gasteiger partial charge in [-0.05, 0) is 24.6 Å². The summed E-state index contributed by atoms with van der Waals surface area (Å²) >= 11 is 1.39. The first-order valence-corrected chi connectivity index (χ1v) is 7.32. The van der Waals surface area contributed by atoms with Gasteiger partial charge in [0.1, 0.15) is 17.2 Å². The van der Waals surface area contributed by atoms with E-state index in [0.717, 1.165) is 16.0 Å². The molecule has 0 bridgehead atoms. The molecule has 3 rings (SSSR count). The van der Waals surface area contributed by atoms with Gasteiger partial charge in [-0.3, -0.25) is 14.2 Å². The first-order chi connectivity index (χ1) is 10.5. The monoisotopic (exact) mass is 317 g/mol. The number of hydrogen-bond donors (Lipinski definition) is 1. The van der Waals surface area contributed by atoms with Crippen LogP contribution in [0.1, 0.15) is 4.88 Å². The molecular formula is C15H12FN3O2S. The summed E-state index contributed by atoms with van der Waals surface area (Å²) in [5.41, 5.74) is 6.27. The average molecular weight is 317 g/mol. The molecule has 0 radical (unpaired) electrons. The molecule has 5 nitrogen and oxygen atoms in total. The minimum atomic E-state index is -0.612. The first-order valence-electron chi connectivity index (χ1n) is 6.50. The Kier molecular flexibility index (Phi) is 3.50. The van der Waals surface area contributed by atoms with Crippen molar-refractivity contribution in [2.75, 3.05) is 0 Å². The largest absolute Gasteiger partial charge is 0.368 e. The van der Waals surface area contributed by atoms with Crippen LogP contribution >= 0.6 is 11.3 Å². The summed E-state index contributed by atoms with van der Waals surface area (Å²) < 4.78 is 14.3. The third-order valence-electron chi connectivity index (χ3n) is 3.31. The van der Waals surface area contributed by atoms with Gasteiger partial charge in [-0.15, -0.1) is 11.3 Å². The molecule has 0 saturated heterocycles. The number of aromatic nitrogens is 2. The smallest absolute Gasteiger partial charge is 0.263 e. The number of carbonyl (C=O) groups is 1. The molecule has 7 heteroatoms. The highest BCUT2D eigenvalue weighted by Crippen LogP contribution is 2.35. The van der Waals surface area contributed by atoms with Crippen molar-refractivity contribution in [1.29, 1.82) is 0 Å². The van der Waals surface area contributed by atoms with E-state index in [2.05, 4.69) is 4.98 Å². The fourth-order valence-electron chi connectivity index (χ4n) is 2.38. The molecule has 2 N–H and O–H groups in total. The molecule has 3 aromatic rings. The second-order valence-corrected chi connectivity index (χ2v) is 6.07. The number of nitrogens with zero attached hydrogens (tertiary/aromatic N) is 2. The summed E-state index contributed by atoms with van der Waals surface area (Å²) in [5.74, 6) is -0.955. The third kappa shape index (κ3) is 2.39. The molecule has 0 aliphatic heterocycles. The van der Waals surface area contributed by atoms with Crippen LogP contribution in [0.3, 0.4) is 0 Å². The standard InChI is InChI=1S/C15H12FN3O2S/c1-8-12(9-2-4-10(16)5-3-9)13-14(22-8)18-7-19(15(13)21)6-11(17)20/h2-5,7H,6H2,1H3,(H2,17,20). The molecule has 2 aromatic heterocycles. The van der Waals surface area contributed by atoms with Crippen LogP contribution in [0.15, 0.2) is 35.4 Å². The SMILES string of the molecule is Cc1sc2ncn(CC(N)=O)c(=O)c2c1-c1ccc(F)cc1. The van der Waals surface area contributed by atoms with Gasteiger partial charge in [0.05, 0.1) is 11.7 Å². The van der Waals surface area contributed by atoms with E-state index in [-0.39, 0.29) is 17.9 Å². The lowest BCUT2D eigenvalue weighted by molar-refractivity contribution is -0.118. The lowest BCUT2D eigenvalue weighted by Gasteiger charge is -2.04. The zero-order valence-corrected chi connectivity index (χ0v) is 12.5. The van der Waals surface area contributed by atoms with Gasteiger partial charge in [0.25, 0.3) is 5.56 Å². The van der Waals surface area contributed by atoms with Gasteiger partial charge in [0.15, 0.2) is 0 Å². The molecule has 0 unspecified atom stereocenters. The zero-order chi connectivity index (χ0) is 15.9. The van der Waals surface area contributed by atoms with Crippen molar-refractivity contribution in [3.63, 3.8) is 0 Å². The first kappa shape index (κ1) is 14.4. The van der Waals surface area contributed by atoms with E-state index in [9.17, 15) is 14.0 Å². The summed E-state index contributed by atoms with van der Waals surface area (Å²) in [6.07, 6.45) is 1.32. The Morgan fingerprint density at radius 1 is 1.36 bits per heavy atom. The van der Waals surface area contributed by atoms with Crippen LogP contribution in [0.5, 0.6) is 0 Å². The van der Waals surface area contributed by atoms with E-state index >= 15 is 0 Å². The fraction of sp³-hybridized carbons (Fsp3) is 0.133. The van der Waals surface area contributed by atoms with Crippen LogP contribution in [0.25, 0.3) is 21.3 Å². The molecule has 22 heavy (non-hydrogen) atoms. The maximum atomic E-state index is 13.1. The van der Waals surface area contributed by atoms with Crippen LogP contribution in [0.2, 0.25) is 0 Å². The number of primary amides is 1. The highest BCUT2D eigenvalue weighted by Gasteiger charge is 2.17. The van der Waals surface area contributed by atoms with Crippen molar-refractivity contribution in [3.8, 4) is 11.1 Å². The molecular weight excluding hydrogens is 305 g/mol. The van der Waals surface area contributed by atoms with Gasteiger partial charge in [-0.2, -0.15) is 0 Å². The molecule has 0 aliphatic rings. The number of benzene rings is 1. The zero-order valence-electron chi connectivity index (χ0n) is 11.7. The number of rotatable bonds is 3. The molecule has 2 heterocycles. The predicted octanol–water partition coefficient (Wildman–Crippen LogP) is 2.06. The summed E-state index contributed by atoms with van der Waals surface area (Å²) in [5, 5.41) is 0.429. The molecule has 0 spiro atoms. The van der Waals surface area contributed by atoms with E-state index in [0.29, 0.717) is 10.2 Å². The number of nitrogens with two attached hydrogens (primary N) is 1. The molecule has 0 atom stereocenters. The number of thiophene rings is 1. The number of hydrogen-bond acceptors (Lipinski definition) is 4. The van der Waals surface area contributed by atoms with Crippen molar-refractivity contribution in [3.05, 3.63) is 51.6 Å². The van der Waals surface area contributed by atoms with E-state index in [1.54, 1.807) is 12.1 Å². The minimum absolute atomic E-state index is 0.223. The van der Waals surface area contributed by atoms with Crippen LogP contribution in [-0.2, 0) is 11.3 Å². The number of aryl methyl sites for hydroxylation is 1. The van der Waals surface area contributed by atoms with Crippen LogP contribution in [-0.4, -0.2) is 15.5 Å². The van der Waals surface area contributed by atoms with Gasteiger partial charge in [-0.25, -0.2) is 9.37 Å². The van der Waals surface area contributed by atoms with Crippen molar-refractivity contribution < 1.29 is 9.18 Å². The summed E-state index contributed by atoms with van der Waals surface area (Å²) in [7, 11) is 0. The summed E-state index contributed by atoms with van der Waals surface area (Å²) in [6.45, 7) is 1.66. The van der Waals surface area contributed by atoms with Crippen molar-refractivity contribution in [2.24, 2.45) is 5.73 Å². The Morgan fingerprint density at radius 2 is 2.05 bits per heavy atom. The van der Waals surface area contributed by atoms with Gasteiger partial charge in [0, 0.05) is 10.4 Å². The number of amides is 1.